The maximum atomic E-state index is 12.2. The number of nitrogens with zero attached hydrogens (tertiary/aromatic N) is 1. The van der Waals surface area contributed by atoms with Gasteiger partial charge in [0.15, 0.2) is 0 Å². The van der Waals surface area contributed by atoms with Crippen molar-refractivity contribution in [3.63, 3.8) is 0 Å². The number of hydrogen-bond donors (Lipinski definition) is 4. The Morgan fingerprint density at radius 2 is 1.58 bits per heavy atom. The van der Waals surface area contributed by atoms with Crippen molar-refractivity contribution in [2.45, 2.75) is 13.3 Å². The lowest BCUT2D eigenvalue weighted by Crippen LogP contribution is -2.21. The molecule has 3 aromatic rings. The lowest BCUT2D eigenvalue weighted by molar-refractivity contribution is -0.115. The molecular weight excluding hydrogens is 416 g/mol. The molecule has 0 aliphatic carbocycles. The molecule has 0 fully saturated rings. The number of phenols is 1. The van der Waals surface area contributed by atoms with Crippen LogP contribution < -0.4 is 16.1 Å². The average Bonchev–Trinajstić information content (AvgIpc) is 2.76. The van der Waals surface area contributed by atoms with Crippen molar-refractivity contribution in [3.05, 3.63) is 83.4 Å². The number of carbonyl (C=O) groups excluding carboxylic acids is 2. The van der Waals surface area contributed by atoms with E-state index < -0.39 is 5.91 Å². The molecule has 0 aliphatic heterocycles. The van der Waals surface area contributed by atoms with E-state index in [0.29, 0.717) is 16.4 Å². The van der Waals surface area contributed by atoms with Gasteiger partial charge in [-0.15, -0.1) is 0 Å². The van der Waals surface area contributed by atoms with E-state index >= 15 is 0 Å². The summed E-state index contributed by atoms with van der Waals surface area (Å²) in [6.45, 7) is 1.62. The predicted octanol–water partition coefficient (Wildman–Crippen LogP) is 4.92. The van der Waals surface area contributed by atoms with Gasteiger partial charge in [-0.25, -0.2) is 5.43 Å². The van der Waals surface area contributed by atoms with Gasteiger partial charge in [-0.05, 0) is 61.5 Å². The number of carbonyl (C=O) groups is 2. The highest BCUT2D eigenvalue weighted by Gasteiger charge is 2.12. The number of hydrogen-bond acceptors (Lipinski definition) is 5. The van der Waals surface area contributed by atoms with Gasteiger partial charge >= 0.3 is 0 Å². The number of rotatable bonds is 7. The second-order valence-electron chi connectivity index (χ2n) is 6.74. The molecule has 2 amide bonds. The van der Waals surface area contributed by atoms with Crippen LogP contribution in [0.4, 0.5) is 17.1 Å². The summed E-state index contributed by atoms with van der Waals surface area (Å²) in [6, 6.07) is 21.2. The zero-order valence-corrected chi connectivity index (χ0v) is 17.5. The van der Waals surface area contributed by atoms with Crippen molar-refractivity contribution < 1.29 is 14.7 Å². The Kier molecular flexibility index (Phi) is 7.24. The van der Waals surface area contributed by atoms with E-state index in [1.807, 2.05) is 42.5 Å². The Bertz CT molecular complexity index is 1100. The lowest BCUT2D eigenvalue weighted by atomic mass is 10.2. The topological polar surface area (TPSA) is 103 Å². The van der Waals surface area contributed by atoms with E-state index in [1.165, 1.54) is 18.2 Å². The first-order valence-corrected chi connectivity index (χ1v) is 9.82. The molecule has 0 saturated heterocycles. The van der Waals surface area contributed by atoms with Crippen molar-refractivity contribution in [2.24, 2.45) is 5.10 Å². The Morgan fingerprint density at radius 1 is 0.935 bits per heavy atom. The van der Waals surface area contributed by atoms with Crippen LogP contribution in [0.15, 0.2) is 77.9 Å². The summed E-state index contributed by atoms with van der Waals surface area (Å²) in [5.41, 5.74) is 5.22. The highest BCUT2D eigenvalue weighted by Crippen LogP contribution is 2.21. The fourth-order valence-corrected chi connectivity index (χ4v) is 2.87. The molecule has 4 N–H and O–H groups in total. The fraction of sp³-hybridized carbons (Fsp3) is 0.0870. The third-order valence-corrected chi connectivity index (χ3v) is 4.43. The number of anilines is 3. The molecule has 0 atom stereocenters. The minimum Gasteiger partial charge on any atom is -0.507 e. The zero-order valence-electron chi connectivity index (χ0n) is 16.7. The van der Waals surface area contributed by atoms with Gasteiger partial charge in [-0.2, -0.15) is 5.10 Å². The van der Waals surface area contributed by atoms with E-state index in [4.69, 9.17) is 11.6 Å². The minimum atomic E-state index is -0.624. The largest absolute Gasteiger partial charge is 0.507 e. The monoisotopic (exact) mass is 436 g/mol. The maximum absolute atomic E-state index is 12.2. The third kappa shape index (κ3) is 6.58. The van der Waals surface area contributed by atoms with Gasteiger partial charge in [0.1, 0.15) is 5.75 Å². The van der Waals surface area contributed by atoms with Crippen LogP contribution >= 0.6 is 11.6 Å². The van der Waals surface area contributed by atoms with Gasteiger partial charge in [-0.3, -0.25) is 9.59 Å². The second-order valence-corrected chi connectivity index (χ2v) is 7.18. The normalized spacial score (nSPS) is 11.0. The molecule has 3 rings (SSSR count). The summed E-state index contributed by atoms with van der Waals surface area (Å²) in [6.07, 6.45) is -0.00811. The van der Waals surface area contributed by atoms with E-state index in [1.54, 1.807) is 19.1 Å². The van der Waals surface area contributed by atoms with Gasteiger partial charge < -0.3 is 15.7 Å². The molecule has 8 heteroatoms. The molecule has 0 saturated carbocycles. The van der Waals surface area contributed by atoms with Crippen LogP contribution in [0.2, 0.25) is 5.02 Å². The molecule has 3 aromatic carbocycles. The summed E-state index contributed by atoms with van der Waals surface area (Å²) in [4.78, 5) is 24.4. The Balaban J connectivity index is 1.51. The van der Waals surface area contributed by atoms with Crippen LogP contribution in [0.3, 0.4) is 0 Å². The molecular formula is C23H21ClN4O3. The van der Waals surface area contributed by atoms with Crippen molar-refractivity contribution in [3.8, 4) is 5.75 Å². The van der Waals surface area contributed by atoms with Crippen molar-refractivity contribution >= 4 is 46.2 Å². The molecule has 0 unspecified atom stereocenters. The summed E-state index contributed by atoms with van der Waals surface area (Å²) >= 11 is 5.84. The van der Waals surface area contributed by atoms with Crippen LogP contribution in [0.5, 0.6) is 5.75 Å². The first-order chi connectivity index (χ1) is 14.9. The Labute approximate surface area is 184 Å². The van der Waals surface area contributed by atoms with Crippen LogP contribution in [-0.4, -0.2) is 22.6 Å². The number of amides is 2. The van der Waals surface area contributed by atoms with Gasteiger partial charge in [0.2, 0.25) is 5.91 Å². The van der Waals surface area contributed by atoms with Crippen LogP contribution in [0, 0.1) is 0 Å². The van der Waals surface area contributed by atoms with Crippen LogP contribution in [0.25, 0.3) is 0 Å². The minimum absolute atomic E-state index is 0.00213. The molecule has 7 nitrogen and oxygen atoms in total. The Hall–Kier alpha value is -3.84. The molecule has 158 valence electrons. The molecule has 0 radical (unpaired) electrons. The number of halogens is 1. The van der Waals surface area contributed by atoms with E-state index in [0.717, 1.165) is 11.4 Å². The fourth-order valence-electron chi connectivity index (χ4n) is 2.70. The Morgan fingerprint density at radius 3 is 2.29 bits per heavy atom. The number of nitrogens with one attached hydrogen (secondary N) is 3. The molecule has 0 heterocycles. The van der Waals surface area contributed by atoms with E-state index in [-0.39, 0.29) is 23.6 Å². The first-order valence-electron chi connectivity index (χ1n) is 9.45. The maximum Gasteiger partial charge on any atom is 0.275 e. The number of para-hydroxylation sites is 1. The third-order valence-electron chi connectivity index (χ3n) is 4.20. The highest BCUT2D eigenvalue weighted by atomic mass is 35.5. The first kappa shape index (κ1) is 21.9. The quantitative estimate of drug-likeness (QED) is 0.311. The van der Waals surface area contributed by atoms with Crippen molar-refractivity contribution in [1.29, 1.82) is 0 Å². The number of aromatic hydroxyl groups is 1. The molecule has 0 spiro atoms. The molecule has 31 heavy (non-hydrogen) atoms. The lowest BCUT2D eigenvalue weighted by Gasteiger charge is -2.09. The summed E-state index contributed by atoms with van der Waals surface area (Å²) in [5.74, 6) is -1.11. The zero-order chi connectivity index (χ0) is 22.2. The van der Waals surface area contributed by atoms with Gasteiger partial charge in [0.25, 0.3) is 5.91 Å². The second kappa shape index (κ2) is 10.3. The summed E-state index contributed by atoms with van der Waals surface area (Å²) < 4.78 is 0. The van der Waals surface area contributed by atoms with Gasteiger partial charge in [-0.1, -0.05) is 29.8 Å². The molecule has 0 aliphatic rings. The number of benzene rings is 3. The van der Waals surface area contributed by atoms with E-state index in [9.17, 15) is 14.7 Å². The van der Waals surface area contributed by atoms with Crippen molar-refractivity contribution in [1.82, 2.24) is 5.43 Å². The standard InChI is InChI=1S/C23H21ClN4O3/c1-15(27-28-23(31)20-14-16(24)7-12-21(20)29)13-22(30)26-19-10-8-18(9-11-19)25-17-5-3-2-4-6-17/h2-12,14,25,29H,13H2,1H3,(H,26,30)(H,28,31)/b27-15-. The number of phenolic OH excluding ortho intramolecular Hbond substituents is 1. The number of hydrazone groups is 1. The summed E-state index contributed by atoms with van der Waals surface area (Å²) in [7, 11) is 0. The average molecular weight is 437 g/mol. The smallest absolute Gasteiger partial charge is 0.275 e. The van der Waals surface area contributed by atoms with E-state index in [2.05, 4.69) is 21.2 Å². The van der Waals surface area contributed by atoms with Crippen LogP contribution in [-0.2, 0) is 4.79 Å². The van der Waals surface area contributed by atoms with Crippen molar-refractivity contribution in [2.75, 3.05) is 10.6 Å². The molecule has 0 bridgehead atoms. The van der Waals surface area contributed by atoms with Crippen LogP contribution in [0.1, 0.15) is 23.7 Å². The predicted molar refractivity (Wildman–Crippen MR) is 123 cm³/mol. The SMILES string of the molecule is C/C(CC(=O)Nc1ccc(Nc2ccccc2)cc1)=N/NC(=O)c1cc(Cl)ccc1O. The van der Waals surface area contributed by atoms with Gasteiger partial charge in [0.05, 0.1) is 12.0 Å². The highest BCUT2D eigenvalue weighted by molar-refractivity contribution is 6.31. The molecule has 0 aromatic heterocycles. The van der Waals surface area contributed by atoms with Gasteiger partial charge in [0, 0.05) is 27.8 Å². The summed E-state index contributed by atoms with van der Waals surface area (Å²) in [5, 5.41) is 20.0.